The summed E-state index contributed by atoms with van der Waals surface area (Å²) in [5.74, 6) is 1.62. The summed E-state index contributed by atoms with van der Waals surface area (Å²) < 4.78 is 10.8. The molecule has 1 atom stereocenters. The molecule has 1 aliphatic heterocycles. The van der Waals surface area contributed by atoms with Gasteiger partial charge in [0.05, 0.1) is 20.2 Å². The summed E-state index contributed by atoms with van der Waals surface area (Å²) in [4.78, 5) is 14.5. The molecule has 0 spiro atoms. The average Bonchev–Trinajstić information content (AvgIpc) is 3.14. The number of amides is 1. The zero-order valence-electron chi connectivity index (χ0n) is 15.5. The second-order valence-electron chi connectivity index (χ2n) is 6.55. The number of nitrogens with zero attached hydrogens (tertiary/aromatic N) is 1. The average molecular weight is 389 g/mol. The molecular formula is C21H25ClN2O3. The van der Waals surface area contributed by atoms with Crippen LogP contribution in [0.2, 0.25) is 5.02 Å². The quantitative estimate of drug-likeness (QED) is 0.701. The number of carbonyl (C=O) groups is 1. The lowest BCUT2D eigenvalue weighted by Crippen LogP contribution is -2.38. The second-order valence-corrected chi connectivity index (χ2v) is 6.99. The Hall–Kier alpha value is -2.24. The van der Waals surface area contributed by atoms with E-state index in [2.05, 4.69) is 22.3 Å². The third-order valence-corrected chi connectivity index (χ3v) is 4.97. The largest absolute Gasteiger partial charge is 0.497 e. The van der Waals surface area contributed by atoms with Crippen LogP contribution in [-0.4, -0.2) is 44.2 Å². The van der Waals surface area contributed by atoms with Crippen molar-refractivity contribution in [2.75, 3.05) is 33.4 Å². The Morgan fingerprint density at radius 2 is 1.85 bits per heavy atom. The van der Waals surface area contributed by atoms with E-state index in [1.54, 1.807) is 19.2 Å². The van der Waals surface area contributed by atoms with Crippen molar-refractivity contribution in [3.63, 3.8) is 0 Å². The monoisotopic (exact) mass is 388 g/mol. The Bertz CT molecular complexity index is 734. The second kappa shape index (κ2) is 9.62. The fourth-order valence-electron chi connectivity index (χ4n) is 3.35. The van der Waals surface area contributed by atoms with Gasteiger partial charge in [-0.25, -0.2) is 0 Å². The van der Waals surface area contributed by atoms with Gasteiger partial charge < -0.3 is 14.8 Å². The van der Waals surface area contributed by atoms with Gasteiger partial charge in [-0.1, -0.05) is 23.7 Å². The highest BCUT2D eigenvalue weighted by molar-refractivity contribution is 6.30. The van der Waals surface area contributed by atoms with E-state index in [4.69, 9.17) is 21.1 Å². The predicted molar refractivity (Wildman–Crippen MR) is 106 cm³/mol. The van der Waals surface area contributed by atoms with Crippen LogP contribution in [0.1, 0.15) is 24.4 Å². The summed E-state index contributed by atoms with van der Waals surface area (Å²) in [6.07, 6.45) is 2.17. The van der Waals surface area contributed by atoms with Gasteiger partial charge in [-0.3, -0.25) is 9.69 Å². The van der Waals surface area contributed by atoms with E-state index < -0.39 is 0 Å². The van der Waals surface area contributed by atoms with Crippen LogP contribution in [0.3, 0.4) is 0 Å². The molecule has 0 saturated carbocycles. The molecule has 0 aromatic heterocycles. The molecule has 1 aliphatic rings. The highest BCUT2D eigenvalue weighted by Crippen LogP contribution is 2.32. The van der Waals surface area contributed by atoms with E-state index in [1.807, 2.05) is 24.3 Å². The van der Waals surface area contributed by atoms with Crippen molar-refractivity contribution >= 4 is 17.5 Å². The van der Waals surface area contributed by atoms with Gasteiger partial charge in [0.15, 0.2) is 0 Å². The maximum Gasteiger partial charge on any atom is 0.234 e. The molecule has 6 heteroatoms. The number of halogens is 1. The molecule has 1 heterocycles. The number of rotatable bonds is 8. The minimum Gasteiger partial charge on any atom is -0.497 e. The minimum atomic E-state index is 0.0233. The van der Waals surface area contributed by atoms with Gasteiger partial charge in [-0.05, 0) is 61.3 Å². The van der Waals surface area contributed by atoms with Gasteiger partial charge in [-0.2, -0.15) is 0 Å². The van der Waals surface area contributed by atoms with Crippen molar-refractivity contribution in [2.24, 2.45) is 0 Å². The Kier molecular flexibility index (Phi) is 6.96. The Labute approximate surface area is 165 Å². The van der Waals surface area contributed by atoms with Crippen LogP contribution >= 0.6 is 11.6 Å². The Balaban J connectivity index is 1.43. The highest BCUT2D eigenvalue weighted by atomic mass is 35.5. The van der Waals surface area contributed by atoms with E-state index in [1.165, 1.54) is 5.56 Å². The maximum atomic E-state index is 12.3. The topological polar surface area (TPSA) is 50.8 Å². The van der Waals surface area contributed by atoms with Gasteiger partial charge in [0.1, 0.15) is 18.1 Å². The van der Waals surface area contributed by atoms with Crippen LogP contribution in [0.4, 0.5) is 0 Å². The van der Waals surface area contributed by atoms with Gasteiger partial charge in [0.2, 0.25) is 5.91 Å². The van der Waals surface area contributed by atoms with Crippen LogP contribution in [0.25, 0.3) is 0 Å². The van der Waals surface area contributed by atoms with Crippen molar-refractivity contribution in [1.29, 1.82) is 0 Å². The molecule has 27 heavy (non-hydrogen) atoms. The van der Waals surface area contributed by atoms with Crippen LogP contribution < -0.4 is 14.8 Å². The summed E-state index contributed by atoms with van der Waals surface area (Å²) in [5.41, 5.74) is 1.23. The predicted octanol–water partition coefficient (Wildman–Crippen LogP) is 3.68. The molecule has 2 aromatic carbocycles. The summed E-state index contributed by atoms with van der Waals surface area (Å²) in [7, 11) is 1.66. The van der Waals surface area contributed by atoms with Gasteiger partial charge >= 0.3 is 0 Å². The maximum absolute atomic E-state index is 12.3. The van der Waals surface area contributed by atoms with Gasteiger partial charge in [0.25, 0.3) is 0 Å². The van der Waals surface area contributed by atoms with Crippen LogP contribution in [0.5, 0.6) is 11.5 Å². The van der Waals surface area contributed by atoms with Crippen LogP contribution in [0, 0.1) is 0 Å². The first-order valence-electron chi connectivity index (χ1n) is 9.19. The van der Waals surface area contributed by atoms with Gasteiger partial charge in [-0.15, -0.1) is 0 Å². The van der Waals surface area contributed by atoms with Crippen molar-refractivity contribution < 1.29 is 14.3 Å². The SMILES string of the molecule is COc1ccc(C2CCCN2CC(=O)NCCOc2ccc(Cl)cc2)cc1. The third-order valence-electron chi connectivity index (χ3n) is 4.72. The summed E-state index contributed by atoms with van der Waals surface area (Å²) >= 11 is 5.84. The van der Waals surface area contributed by atoms with Crippen molar-refractivity contribution in [3.05, 3.63) is 59.1 Å². The van der Waals surface area contributed by atoms with E-state index in [9.17, 15) is 4.79 Å². The molecule has 1 unspecified atom stereocenters. The Morgan fingerprint density at radius 1 is 1.15 bits per heavy atom. The standard InChI is InChI=1S/C21H25ClN2O3/c1-26-18-8-4-16(5-9-18)20-3-2-13-24(20)15-21(25)23-12-14-27-19-10-6-17(22)7-11-19/h4-11,20H,2-3,12-15H2,1H3,(H,23,25). The molecule has 1 fully saturated rings. The van der Waals surface area contributed by atoms with Gasteiger partial charge in [0, 0.05) is 11.1 Å². The number of methoxy groups -OCH3 is 1. The molecule has 3 rings (SSSR count). The number of hydrogen-bond donors (Lipinski definition) is 1. The van der Waals surface area contributed by atoms with E-state index >= 15 is 0 Å². The molecule has 1 amide bonds. The lowest BCUT2D eigenvalue weighted by atomic mass is 10.0. The van der Waals surface area contributed by atoms with E-state index in [0.29, 0.717) is 24.7 Å². The molecule has 0 aliphatic carbocycles. The molecule has 0 bridgehead atoms. The molecule has 0 radical (unpaired) electrons. The first-order chi connectivity index (χ1) is 13.2. The number of ether oxygens (including phenoxy) is 2. The first kappa shape index (κ1) is 19.5. The normalized spacial score (nSPS) is 16.9. The lowest BCUT2D eigenvalue weighted by Gasteiger charge is -2.24. The molecule has 144 valence electrons. The first-order valence-corrected chi connectivity index (χ1v) is 9.56. The van der Waals surface area contributed by atoms with Crippen molar-refractivity contribution in [1.82, 2.24) is 10.2 Å². The number of benzene rings is 2. The van der Waals surface area contributed by atoms with E-state index in [-0.39, 0.29) is 11.9 Å². The van der Waals surface area contributed by atoms with Crippen LogP contribution in [0.15, 0.2) is 48.5 Å². The number of hydrogen-bond acceptors (Lipinski definition) is 4. The van der Waals surface area contributed by atoms with Crippen molar-refractivity contribution in [3.8, 4) is 11.5 Å². The number of carbonyl (C=O) groups excluding carboxylic acids is 1. The highest BCUT2D eigenvalue weighted by Gasteiger charge is 2.27. The fourth-order valence-corrected chi connectivity index (χ4v) is 3.48. The zero-order valence-corrected chi connectivity index (χ0v) is 16.2. The summed E-state index contributed by atoms with van der Waals surface area (Å²) in [6.45, 7) is 2.24. The molecular weight excluding hydrogens is 364 g/mol. The Morgan fingerprint density at radius 3 is 2.56 bits per heavy atom. The summed E-state index contributed by atoms with van der Waals surface area (Å²) in [5, 5.41) is 3.60. The van der Waals surface area contributed by atoms with Crippen molar-refractivity contribution in [2.45, 2.75) is 18.9 Å². The minimum absolute atomic E-state index is 0.0233. The smallest absolute Gasteiger partial charge is 0.234 e. The third kappa shape index (κ3) is 5.62. The zero-order chi connectivity index (χ0) is 19.1. The van der Waals surface area contributed by atoms with Crippen LogP contribution in [-0.2, 0) is 4.79 Å². The molecule has 1 N–H and O–H groups in total. The number of nitrogens with one attached hydrogen (secondary N) is 1. The van der Waals surface area contributed by atoms with E-state index in [0.717, 1.165) is 30.9 Å². The lowest BCUT2D eigenvalue weighted by molar-refractivity contribution is -0.122. The fraction of sp³-hybridized carbons (Fsp3) is 0.381. The number of likely N-dealkylation sites (tertiary alicyclic amines) is 1. The molecule has 1 saturated heterocycles. The molecule has 2 aromatic rings. The molecule has 5 nitrogen and oxygen atoms in total. The summed E-state index contributed by atoms with van der Waals surface area (Å²) in [6, 6.07) is 15.6.